The molecular weight excluding hydrogens is 316 g/mol. The van der Waals surface area contributed by atoms with E-state index in [2.05, 4.69) is 42.6 Å². The number of aromatic amines is 1. The fraction of sp³-hybridized carbons (Fsp3) is 0.111. The summed E-state index contributed by atoms with van der Waals surface area (Å²) in [5, 5.41) is 11.0. The van der Waals surface area contributed by atoms with Gasteiger partial charge in [-0.05, 0) is 24.6 Å². The molecule has 3 aromatic heterocycles. The molecule has 1 aromatic carbocycles. The van der Waals surface area contributed by atoms with Crippen LogP contribution < -0.4 is 10.1 Å². The van der Waals surface area contributed by atoms with E-state index in [1.807, 2.05) is 19.1 Å². The van der Waals surface area contributed by atoms with E-state index in [1.54, 1.807) is 31.9 Å². The van der Waals surface area contributed by atoms with E-state index >= 15 is 0 Å². The number of methoxy groups -OCH3 is 1. The van der Waals surface area contributed by atoms with Gasteiger partial charge in [0, 0.05) is 23.5 Å². The van der Waals surface area contributed by atoms with Crippen molar-refractivity contribution in [3.05, 3.63) is 54.6 Å². The number of fused-ring (bicyclic) bond motifs is 1. The number of benzene rings is 1. The summed E-state index contributed by atoms with van der Waals surface area (Å²) in [7, 11) is 1.58. The number of ether oxygens (including phenoxy) is 1. The van der Waals surface area contributed by atoms with Crippen molar-refractivity contribution in [2.24, 2.45) is 0 Å². The lowest BCUT2D eigenvalue weighted by Crippen LogP contribution is -2.00. The van der Waals surface area contributed by atoms with Crippen molar-refractivity contribution in [2.45, 2.75) is 6.92 Å². The maximum absolute atomic E-state index is 5.43. The van der Waals surface area contributed by atoms with Crippen LogP contribution in [0.3, 0.4) is 0 Å². The van der Waals surface area contributed by atoms with E-state index in [0.29, 0.717) is 17.4 Å². The predicted molar refractivity (Wildman–Crippen MR) is 95.9 cm³/mol. The molecule has 0 saturated heterocycles. The van der Waals surface area contributed by atoms with Crippen molar-refractivity contribution in [3.8, 4) is 17.3 Å². The molecule has 0 radical (unpaired) electrons. The minimum Gasteiger partial charge on any atom is -0.479 e. The number of nitrogens with zero attached hydrogens (tertiary/aromatic N) is 4. The minimum atomic E-state index is 0.461. The van der Waals surface area contributed by atoms with Crippen LogP contribution in [0.5, 0.6) is 5.88 Å². The Kier molecular flexibility index (Phi) is 3.74. The zero-order valence-electron chi connectivity index (χ0n) is 13.8. The van der Waals surface area contributed by atoms with Crippen LogP contribution in [0.4, 0.5) is 11.4 Å². The number of hydrogen-bond acceptors (Lipinski definition) is 6. The van der Waals surface area contributed by atoms with Crippen LogP contribution in [0, 0.1) is 6.92 Å². The van der Waals surface area contributed by atoms with E-state index in [-0.39, 0.29) is 0 Å². The van der Waals surface area contributed by atoms with Crippen LogP contribution >= 0.6 is 0 Å². The van der Waals surface area contributed by atoms with E-state index < -0.39 is 0 Å². The molecule has 7 heteroatoms. The van der Waals surface area contributed by atoms with Crippen molar-refractivity contribution >= 4 is 22.3 Å². The predicted octanol–water partition coefficient (Wildman–Crippen LogP) is 3.48. The van der Waals surface area contributed by atoms with Crippen molar-refractivity contribution in [1.82, 2.24) is 25.1 Å². The maximum Gasteiger partial charge on any atom is 0.241 e. The first-order chi connectivity index (χ1) is 12.2. The van der Waals surface area contributed by atoms with Crippen LogP contribution in [0.25, 0.3) is 22.3 Å². The lowest BCUT2D eigenvalue weighted by Gasteiger charge is -2.12. The summed E-state index contributed by atoms with van der Waals surface area (Å²) in [4.78, 5) is 13.3. The van der Waals surface area contributed by atoms with Crippen molar-refractivity contribution in [3.63, 3.8) is 0 Å². The third kappa shape index (κ3) is 2.87. The third-order valence-electron chi connectivity index (χ3n) is 3.87. The van der Waals surface area contributed by atoms with E-state index in [9.17, 15) is 0 Å². The van der Waals surface area contributed by atoms with Gasteiger partial charge in [0.25, 0.3) is 0 Å². The first-order valence-electron chi connectivity index (χ1n) is 7.77. The largest absolute Gasteiger partial charge is 0.479 e. The van der Waals surface area contributed by atoms with E-state index in [4.69, 9.17) is 4.74 Å². The molecule has 2 N–H and O–H groups in total. The van der Waals surface area contributed by atoms with Gasteiger partial charge >= 0.3 is 0 Å². The number of nitrogens with one attached hydrogen (secondary N) is 2. The normalized spacial score (nSPS) is 10.8. The number of aromatic nitrogens is 5. The lowest BCUT2D eigenvalue weighted by molar-refractivity contribution is 0.399. The van der Waals surface area contributed by atoms with Gasteiger partial charge in [0.1, 0.15) is 5.69 Å². The highest BCUT2D eigenvalue weighted by molar-refractivity contribution is 5.93. The molecule has 0 aliphatic heterocycles. The van der Waals surface area contributed by atoms with Crippen LogP contribution in [0.1, 0.15) is 5.56 Å². The molecule has 0 spiro atoms. The van der Waals surface area contributed by atoms with Crippen LogP contribution in [-0.4, -0.2) is 32.3 Å². The number of H-pyrrole nitrogens is 1. The molecule has 0 bridgehead atoms. The fourth-order valence-electron chi connectivity index (χ4n) is 2.63. The summed E-state index contributed by atoms with van der Waals surface area (Å²) in [6, 6.07) is 8.08. The topological polar surface area (TPSA) is 88.6 Å². The molecule has 124 valence electrons. The Balaban J connectivity index is 1.74. The minimum absolute atomic E-state index is 0.461. The quantitative estimate of drug-likeness (QED) is 0.595. The molecule has 4 aromatic rings. The Hall–Kier alpha value is -3.48. The zero-order chi connectivity index (χ0) is 17.2. The highest BCUT2D eigenvalue weighted by atomic mass is 16.5. The lowest BCUT2D eigenvalue weighted by atomic mass is 10.1. The molecule has 7 nitrogen and oxygen atoms in total. The molecule has 25 heavy (non-hydrogen) atoms. The highest BCUT2D eigenvalue weighted by Crippen LogP contribution is 2.30. The van der Waals surface area contributed by atoms with Crippen molar-refractivity contribution < 1.29 is 4.74 Å². The molecule has 0 fully saturated rings. The number of rotatable bonds is 4. The Morgan fingerprint density at radius 1 is 1.08 bits per heavy atom. The van der Waals surface area contributed by atoms with Gasteiger partial charge in [-0.1, -0.05) is 12.1 Å². The average Bonchev–Trinajstić information content (AvgIpc) is 3.16. The summed E-state index contributed by atoms with van der Waals surface area (Å²) in [5.41, 5.74) is 4.50. The monoisotopic (exact) mass is 332 g/mol. The Bertz CT molecular complexity index is 1030. The SMILES string of the molecule is COc1nc(-c2cn[nH]c2)ncc1Nc1ccnc2cc(C)ccc12. The first kappa shape index (κ1) is 15.1. The number of anilines is 2. The van der Waals surface area contributed by atoms with Crippen molar-refractivity contribution in [2.75, 3.05) is 12.4 Å². The molecule has 0 unspecified atom stereocenters. The Morgan fingerprint density at radius 3 is 2.80 bits per heavy atom. The molecule has 0 saturated carbocycles. The van der Waals surface area contributed by atoms with Gasteiger partial charge in [0.05, 0.1) is 30.6 Å². The average molecular weight is 332 g/mol. The third-order valence-corrected chi connectivity index (χ3v) is 3.87. The van der Waals surface area contributed by atoms with Gasteiger partial charge < -0.3 is 10.1 Å². The van der Waals surface area contributed by atoms with Gasteiger partial charge in [0.2, 0.25) is 5.88 Å². The molecule has 0 aliphatic rings. The summed E-state index contributed by atoms with van der Waals surface area (Å²) >= 11 is 0. The second-order valence-corrected chi connectivity index (χ2v) is 5.61. The van der Waals surface area contributed by atoms with Gasteiger partial charge in [-0.25, -0.2) is 4.98 Å². The number of aryl methyl sites for hydroxylation is 1. The molecular formula is C18H16N6O. The summed E-state index contributed by atoms with van der Waals surface area (Å²) < 4.78 is 5.43. The second-order valence-electron chi connectivity index (χ2n) is 5.61. The highest BCUT2D eigenvalue weighted by Gasteiger charge is 2.12. The smallest absolute Gasteiger partial charge is 0.241 e. The molecule has 0 atom stereocenters. The molecule has 0 aliphatic carbocycles. The van der Waals surface area contributed by atoms with Crippen LogP contribution in [0.2, 0.25) is 0 Å². The van der Waals surface area contributed by atoms with Gasteiger partial charge in [-0.2, -0.15) is 10.1 Å². The summed E-state index contributed by atoms with van der Waals surface area (Å²) in [6.45, 7) is 2.05. The molecule has 4 rings (SSSR count). The zero-order valence-corrected chi connectivity index (χ0v) is 13.8. The summed E-state index contributed by atoms with van der Waals surface area (Å²) in [6.07, 6.45) is 6.88. The summed E-state index contributed by atoms with van der Waals surface area (Å²) in [5.74, 6) is 1.01. The van der Waals surface area contributed by atoms with E-state index in [1.165, 1.54) is 5.56 Å². The molecule has 0 amide bonds. The standard InChI is InChI=1S/C18H16N6O/c1-11-3-4-13-14(5-6-19-15(13)7-11)23-16-10-20-17(24-18(16)25-2)12-8-21-22-9-12/h3-10H,1-2H3,(H,19,23)(H,21,22). The van der Waals surface area contributed by atoms with Crippen LogP contribution in [-0.2, 0) is 0 Å². The van der Waals surface area contributed by atoms with Gasteiger partial charge in [0.15, 0.2) is 5.82 Å². The molecule has 3 heterocycles. The maximum atomic E-state index is 5.43. The van der Waals surface area contributed by atoms with E-state index in [0.717, 1.165) is 22.2 Å². The van der Waals surface area contributed by atoms with Gasteiger partial charge in [-0.3, -0.25) is 10.1 Å². The van der Waals surface area contributed by atoms with Crippen LogP contribution in [0.15, 0.2) is 49.1 Å². The first-order valence-corrected chi connectivity index (χ1v) is 7.77. The Morgan fingerprint density at radius 2 is 2.00 bits per heavy atom. The number of hydrogen-bond donors (Lipinski definition) is 2. The van der Waals surface area contributed by atoms with Gasteiger partial charge in [-0.15, -0.1) is 0 Å². The number of pyridine rings is 1. The Labute approximate surface area is 144 Å². The second kappa shape index (κ2) is 6.20. The van der Waals surface area contributed by atoms with Crippen molar-refractivity contribution in [1.29, 1.82) is 0 Å². The fourth-order valence-corrected chi connectivity index (χ4v) is 2.63.